The van der Waals surface area contributed by atoms with Gasteiger partial charge in [0, 0.05) is 31.1 Å². The number of aliphatic imine (C=N–C) groups is 1. The molecule has 1 aromatic rings. The minimum absolute atomic E-state index is 0.159. The Morgan fingerprint density at radius 1 is 1.25 bits per heavy atom. The van der Waals surface area contributed by atoms with Gasteiger partial charge in [-0.3, -0.25) is 9.89 Å². The first kappa shape index (κ1) is 22.8. The van der Waals surface area contributed by atoms with E-state index in [-0.39, 0.29) is 11.7 Å². The van der Waals surface area contributed by atoms with Gasteiger partial charge in [0.25, 0.3) is 0 Å². The fourth-order valence-electron chi connectivity index (χ4n) is 3.02. The lowest BCUT2D eigenvalue weighted by Gasteiger charge is -2.17. The molecule has 1 atom stereocenters. The summed E-state index contributed by atoms with van der Waals surface area (Å²) in [5.41, 5.74) is 0. The second-order valence-electron chi connectivity index (χ2n) is 6.81. The van der Waals surface area contributed by atoms with E-state index in [1.165, 1.54) is 17.0 Å². The molecule has 0 amide bonds. The van der Waals surface area contributed by atoms with Gasteiger partial charge in [0.05, 0.1) is 6.54 Å². The van der Waals surface area contributed by atoms with Crippen LogP contribution in [0.25, 0.3) is 0 Å². The molecule has 0 aromatic heterocycles. The summed E-state index contributed by atoms with van der Waals surface area (Å²) in [6.45, 7) is 4.04. The maximum atomic E-state index is 12.9. The molecule has 2 rings (SSSR count). The summed E-state index contributed by atoms with van der Waals surface area (Å²) >= 11 is 1.67. The number of thioether (sulfide) groups is 1. The molecule has 1 unspecified atom stereocenters. The zero-order valence-electron chi connectivity index (χ0n) is 16.1. The molecule has 9 heteroatoms. The Labute approximate surface area is 168 Å². The molecule has 0 bridgehead atoms. The average Bonchev–Trinajstić information content (AvgIpc) is 3.06. The number of rotatable bonds is 9. The third-order valence-corrected chi connectivity index (χ3v) is 5.42. The Balaban J connectivity index is 1.67. The van der Waals surface area contributed by atoms with Crippen molar-refractivity contribution in [2.45, 2.75) is 30.8 Å². The number of nitrogens with zero attached hydrogens (tertiary/aromatic N) is 2. The van der Waals surface area contributed by atoms with Crippen molar-refractivity contribution in [1.29, 1.82) is 0 Å². The first-order valence-electron chi connectivity index (χ1n) is 9.55. The summed E-state index contributed by atoms with van der Waals surface area (Å²) in [6.07, 6.45) is -2.48. The van der Waals surface area contributed by atoms with E-state index in [1.54, 1.807) is 23.9 Å². The first-order valence-corrected chi connectivity index (χ1v) is 10.5. The van der Waals surface area contributed by atoms with E-state index in [0.29, 0.717) is 25.6 Å². The van der Waals surface area contributed by atoms with Gasteiger partial charge in [-0.25, -0.2) is 4.39 Å². The lowest BCUT2D eigenvalue weighted by molar-refractivity contribution is -0.143. The van der Waals surface area contributed by atoms with Crippen molar-refractivity contribution in [3.8, 4) is 0 Å². The zero-order valence-corrected chi connectivity index (χ0v) is 16.9. The summed E-state index contributed by atoms with van der Waals surface area (Å²) in [7, 11) is 0. The van der Waals surface area contributed by atoms with Crippen molar-refractivity contribution in [3.05, 3.63) is 30.1 Å². The van der Waals surface area contributed by atoms with Gasteiger partial charge in [0.1, 0.15) is 5.82 Å². The van der Waals surface area contributed by atoms with Gasteiger partial charge in [-0.2, -0.15) is 13.2 Å². The van der Waals surface area contributed by atoms with Gasteiger partial charge in [-0.1, -0.05) is 0 Å². The number of alkyl halides is 3. The highest BCUT2D eigenvalue weighted by Crippen LogP contribution is 2.23. The van der Waals surface area contributed by atoms with Crippen LogP contribution in [0.5, 0.6) is 0 Å². The smallest absolute Gasteiger partial charge is 0.357 e. The number of hydrogen-bond donors (Lipinski definition) is 2. The van der Waals surface area contributed by atoms with E-state index in [4.69, 9.17) is 0 Å². The van der Waals surface area contributed by atoms with Crippen LogP contribution in [0, 0.1) is 11.7 Å². The largest absolute Gasteiger partial charge is 0.401 e. The Kier molecular flexibility index (Phi) is 9.37. The number of guanidine groups is 1. The molecule has 0 spiro atoms. The van der Waals surface area contributed by atoms with Gasteiger partial charge in [0.15, 0.2) is 5.96 Å². The minimum Gasteiger partial charge on any atom is -0.357 e. The molecule has 28 heavy (non-hydrogen) atoms. The number of likely N-dealkylation sites (tertiary alicyclic amines) is 1. The van der Waals surface area contributed by atoms with Crippen LogP contribution in [0.3, 0.4) is 0 Å². The van der Waals surface area contributed by atoms with Crippen LogP contribution in [-0.2, 0) is 0 Å². The molecule has 1 fully saturated rings. The molecule has 1 aromatic carbocycles. The van der Waals surface area contributed by atoms with Crippen molar-refractivity contribution in [1.82, 2.24) is 15.5 Å². The van der Waals surface area contributed by atoms with Gasteiger partial charge < -0.3 is 10.6 Å². The number of hydrogen-bond acceptors (Lipinski definition) is 3. The third kappa shape index (κ3) is 9.14. The second-order valence-corrected chi connectivity index (χ2v) is 7.98. The molecule has 1 saturated heterocycles. The Bertz CT molecular complexity index is 607. The van der Waals surface area contributed by atoms with Crippen LogP contribution in [0.4, 0.5) is 17.6 Å². The summed E-state index contributed by atoms with van der Waals surface area (Å²) in [5.74, 6) is 1.52. The van der Waals surface area contributed by atoms with Crippen LogP contribution in [0.15, 0.2) is 34.2 Å². The Hall–Kier alpha value is -1.48. The topological polar surface area (TPSA) is 39.7 Å². The highest BCUT2D eigenvalue weighted by molar-refractivity contribution is 7.99. The first-order chi connectivity index (χ1) is 13.4. The van der Waals surface area contributed by atoms with E-state index in [0.717, 1.165) is 36.6 Å². The Morgan fingerprint density at radius 3 is 2.68 bits per heavy atom. The van der Waals surface area contributed by atoms with Crippen LogP contribution >= 0.6 is 11.8 Å². The SMILES string of the molecule is CCNC(=NCC1CCN(CC(F)(F)F)C1)NCCCSc1ccc(F)cc1. The standard InChI is InChI=1S/C19H28F4N4S/c1-2-24-18(25-9-3-11-28-17-6-4-16(20)5-7-17)26-12-15-8-10-27(13-15)14-19(21,22)23/h4-7,15H,2-3,8-14H2,1H3,(H2,24,25,26). The predicted molar refractivity (Wildman–Crippen MR) is 106 cm³/mol. The molecule has 1 aliphatic heterocycles. The van der Waals surface area contributed by atoms with Gasteiger partial charge in [-0.15, -0.1) is 11.8 Å². The maximum Gasteiger partial charge on any atom is 0.401 e. The summed E-state index contributed by atoms with van der Waals surface area (Å²) in [5, 5.41) is 6.43. The van der Waals surface area contributed by atoms with Crippen molar-refractivity contribution in [2.75, 3.05) is 45.0 Å². The third-order valence-electron chi connectivity index (χ3n) is 4.32. The van der Waals surface area contributed by atoms with Crippen LogP contribution in [0.2, 0.25) is 0 Å². The van der Waals surface area contributed by atoms with Crippen molar-refractivity contribution in [2.24, 2.45) is 10.9 Å². The monoisotopic (exact) mass is 420 g/mol. The van der Waals surface area contributed by atoms with E-state index < -0.39 is 12.7 Å². The van der Waals surface area contributed by atoms with E-state index in [1.807, 2.05) is 6.92 Å². The number of halogens is 4. The lowest BCUT2D eigenvalue weighted by Crippen LogP contribution is -2.38. The number of nitrogens with one attached hydrogen (secondary N) is 2. The normalized spacial score (nSPS) is 18.5. The maximum absolute atomic E-state index is 12.9. The molecule has 0 saturated carbocycles. The molecule has 2 N–H and O–H groups in total. The molecule has 1 aliphatic rings. The van der Waals surface area contributed by atoms with Crippen molar-refractivity contribution >= 4 is 17.7 Å². The van der Waals surface area contributed by atoms with Gasteiger partial charge in [-0.05, 0) is 62.2 Å². The Morgan fingerprint density at radius 2 is 2.00 bits per heavy atom. The highest BCUT2D eigenvalue weighted by atomic mass is 32.2. The zero-order chi connectivity index (χ0) is 20.4. The van der Waals surface area contributed by atoms with Crippen LogP contribution in [-0.4, -0.2) is 62.1 Å². The minimum atomic E-state index is -4.14. The second kappa shape index (κ2) is 11.5. The molecule has 158 valence electrons. The average molecular weight is 421 g/mol. The van der Waals surface area contributed by atoms with Gasteiger partial charge >= 0.3 is 6.18 Å². The fourth-order valence-corrected chi connectivity index (χ4v) is 3.87. The quantitative estimate of drug-likeness (QED) is 0.210. The predicted octanol–water partition coefficient (Wildman–Crippen LogP) is 3.75. The van der Waals surface area contributed by atoms with E-state index in [9.17, 15) is 17.6 Å². The summed E-state index contributed by atoms with van der Waals surface area (Å²) < 4.78 is 50.3. The van der Waals surface area contributed by atoms with Gasteiger partial charge in [0.2, 0.25) is 0 Å². The lowest BCUT2D eigenvalue weighted by atomic mass is 10.1. The van der Waals surface area contributed by atoms with Crippen LogP contribution in [0.1, 0.15) is 19.8 Å². The fraction of sp³-hybridized carbons (Fsp3) is 0.632. The molecule has 0 radical (unpaired) electrons. The highest BCUT2D eigenvalue weighted by Gasteiger charge is 2.34. The molecular formula is C19H28F4N4S. The summed E-state index contributed by atoms with van der Waals surface area (Å²) in [6, 6.07) is 6.44. The molecular weight excluding hydrogens is 392 g/mol. The van der Waals surface area contributed by atoms with E-state index >= 15 is 0 Å². The molecule has 0 aliphatic carbocycles. The van der Waals surface area contributed by atoms with E-state index in [2.05, 4.69) is 15.6 Å². The van der Waals surface area contributed by atoms with Crippen molar-refractivity contribution in [3.63, 3.8) is 0 Å². The van der Waals surface area contributed by atoms with Crippen LogP contribution < -0.4 is 10.6 Å². The van der Waals surface area contributed by atoms with Crippen molar-refractivity contribution < 1.29 is 17.6 Å². The molecule has 1 heterocycles. The molecule has 4 nitrogen and oxygen atoms in total. The number of benzene rings is 1. The summed E-state index contributed by atoms with van der Waals surface area (Å²) in [4.78, 5) is 7.02.